The topological polar surface area (TPSA) is 25.6 Å². The Morgan fingerprint density at radius 3 is 2.02 bits per heavy atom. The number of hydrogen-bond donors (Lipinski definition) is 0. The van der Waals surface area contributed by atoms with Gasteiger partial charge in [0.05, 0.1) is 0 Å². The minimum atomic E-state index is 0.0702. The van der Waals surface area contributed by atoms with E-state index in [2.05, 4.69) is 151 Å². The van der Waals surface area contributed by atoms with Crippen molar-refractivity contribution in [2.45, 2.75) is 12.0 Å². The SMILES string of the molecule is C1=CC2Oc3ccccc3C2C=C1c1ccc(N(c2ccccc2)c2ccc(-c3cccc4c3oc3ccccc34)cc2)cc1. The first kappa shape index (κ1) is 25.7. The predicted molar refractivity (Wildman–Crippen MR) is 185 cm³/mol. The number of rotatable bonds is 5. The maximum absolute atomic E-state index is 6.33. The third-order valence-electron chi connectivity index (χ3n) is 9.03. The van der Waals surface area contributed by atoms with Crippen molar-refractivity contribution in [3.8, 4) is 16.9 Å². The number of allylic oxidation sites excluding steroid dienone is 2. The first-order valence-corrected chi connectivity index (χ1v) is 15.4. The average molecular weight is 580 g/mol. The molecule has 1 aliphatic heterocycles. The summed E-state index contributed by atoms with van der Waals surface area (Å²) < 4.78 is 12.5. The largest absolute Gasteiger partial charge is 0.485 e. The molecule has 0 saturated heterocycles. The van der Waals surface area contributed by atoms with Crippen molar-refractivity contribution < 1.29 is 9.15 Å². The summed E-state index contributed by atoms with van der Waals surface area (Å²) in [5.41, 5.74) is 11.0. The molecule has 0 fully saturated rings. The second kappa shape index (κ2) is 10.4. The Morgan fingerprint density at radius 1 is 0.533 bits per heavy atom. The Balaban J connectivity index is 1.06. The van der Waals surface area contributed by atoms with Crippen molar-refractivity contribution in [2.24, 2.45) is 0 Å². The summed E-state index contributed by atoms with van der Waals surface area (Å²) in [4.78, 5) is 2.30. The van der Waals surface area contributed by atoms with E-state index in [1.165, 1.54) is 16.7 Å². The van der Waals surface area contributed by atoms with Gasteiger partial charge in [-0.05, 0) is 71.3 Å². The lowest BCUT2D eigenvalue weighted by molar-refractivity contribution is 0.269. The van der Waals surface area contributed by atoms with E-state index < -0.39 is 0 Å². The number of hydrogen-bond acceptors (Lipinski definition) is 3. The van der Waals surface area contributed by atoms with Crippen molar-refractivity contribution in [2.75, 3.05) is 4.90 Å². The van der Waals surface area contributed by atoms with E-state index in [9.17, 15) is 0 Å². The third kappa shape index (κ3) is 4.36. The minimum absolute atomic E-state index is 0.0702. The van der Waals surface area contributed by atoms with E-state index in [0.717, 1.165) is 55.9 Å². The van der Waals surface area contributed by atoms with Gasteiger partial charge in [-0.15, -0.1) is 0 Å². The van der Waals surface area contributed by atoms with Gasteiger partial charge in [0.1, 0.15) is 23.0 Å². The Hall–Kier alpha value is -5.80. The molecule has 1 aliphatic carbocycles. The molecule has 2 unspecified atom stereocenters. The molecule has 0 N–H and O–H groups in total. The highest BCUT2D eigenvalue weighted by atomic mass is 16.5. The van der Waals surface area contributed by atoms with Gasteiger partial charge < -0.3 is 14.1 Å². The van der Waals surface area contributed by atoms with E-state index in [1.54, 1.807) is 0 Å². The lowest BCUT2D eigenvalue weighted by Crippen LogP contribution is -2.17. The molecule has 3 heteroatoms. The van der Waals surface area contributed by atoms with Crippen molar-refractivity contribution in [1.82, 2.24) is 0 Å². The molecule has 2 aliphatic rings. The molecule has 6 aromatic carbocycles. The van der Waals surface area contributed by atoms with Gasteiger partial charge in [-0.25, -0.2) is 0 Å². The molecule has 45 heavy (non-hydrogen) atoms. The van der Waals surface area contributed by atoms with E-state index >= 15 is 0 Å². The van der Waals surface area contributed by atoms with E-state index in [4.69, 9.17) is 9.15 Å². The van der Waals surface area contributed by atoms with Crippen LogP contribution in [0.15, 0.2) is 168 Å². The zero-order valence-corrected chi connectivity index (χ0v) is 24.5. The summed E-state index contributed by atoms with van der Waals surface area (Å²) in [6.45, 7) is 0. The molecule has 3 nitrogen and oxygen atoms in total. The van der Waals surface area contributed by atoms with Gasteiger partial charge >= 0.3 is 0 Å². The Labute approximate surface area is 261 Å². The van der Waals surface area contributed by atoms with Crippen LogP contribution in [0.1, 0.15) is 17.0 Å². The first-order valence-electron chi connectivity index (χ1n) is 15.4. The molecule has 7 aromatic rings. The monoisotopic (exact) mass is 579 g/mol. The molecule has 2 heterocycles. The standard InChI is InChI=1S/C42H29NO2/c1-2-9-31(10-3-1)43(32-22-17-28(18-23-32)30-21-26-41-38(27-30)36-12-5-6-15-39(36)44-41)33-24-19-29(20-25-33)34-13-8-14-37-35-11-4-7-16-40(35)45-42(34)37/h1-27,38,41H. The summed E-state index contributed by atoms with van der Waals surface area (Å²) >= 11 is 0. The van der Waals surface area contributed by atoms with E-state index in [1.807, 2.05) is 18.2 Å². The summed E-state index contributed by atoms with van der Waals surface area (Å²) in [5, 5.41) is 2.28. The van der Waals surface area contributed by atoms with Crippen LogP contribution in [0.5, 0.6) is 5.75 Å². The number of ether oxygens (including phenoxy) is 1. The lowest BCUT2D eigenvalue weighted by Gasteiger charge is -2.26. The van der Waals surface area contributed by atoms with Gasteiger partial charge in [0, 0.05) is 44.9 Å². The zero-order valence-electron chi connectivity index (χ0n) is 24.5. The van der Waals surface area contributed by atoms with Crippen LogP contribution in [-0.4, -0.2) is 6.10 Å². The van der Waals surface area contributed by atoms with Gasteiger partial charge in [-0.3, -0.25) is 0 Å². The average Bonchev–Trinajstić information content (AvgIpc) is 3.68. The zero-order chi connectivity index (χ0) is 29.7. The number of furan rings is 1. The third-order valence-corrected chi connectivity index (χ3v) is 9.03. The summed E-state index contributed by atoms with van der Waals surface area (Å²) in [6, 6.07) is 51.2. The number of nitrogens with zero attached hydrogens (tertiary/aromatic N) is 1. The highest BCUT2D eigenvalue weighted by Crippen LogP contribution is 2.44. The van der Waals surface area contributed by atoms with Gasteiger partial charge in [-0.1, -0.05) is 109 Å². The number of benzene rings is 6. The highest BCUT2D eigenvalue weighted by molar-refractivity contribution is 6.09. The number of fused-ring (bicyclic) bond motifs is 6. The number of anilines is 3. The molecule has 0 spiro atoms. The Bertz CT molecular complexity index is 2240. The Kier molecular flexibility index (Phi) is 5.95. The second-order valence-electron chi connectivity index (χ2n) is 11.7. The predicted octanol–water partition coefficient (Wildman–Crippen LogP) is 11.2. The van der Waals surface area contributed by atoms with Crippen LogP contribution in [0.25, 0.3) is 38.6 Å². The van der Waals surface area contributed by atoms with Crippen molar-refractivity contribution >= 4 is 44.6 Å². The molecule has 2 atom stereocenters. The number of para-hydroxylation sites is 4. The minimum Gasteiger partial charge on any atom is -0.485 e. The smallest absolute Gasteiger partial charge is 0.143 e. The van der Waals surface area contributed by atoms with Gasteiger partial charge in [0.25, 0.3) is 0 Å². The molecule has 1 aromatic heterocycles. The maximum Gasteiger partial charge on any atom is 0.143 e. The van der Waals surface area contributed by atoms with Gasteiger partial charge in [0.2, 0.25) is 0 Å². The summed E-state index contributed by atoms with van der Waals surface area (Å²) in [5.74, 6) is 1.23. The van der Waals surface area contributed by atoms with Crippen molar-refractivity contribution in [3.63, 3.8) is 0 Å². The van der Waals surface area contributed by atoms with Crippen LogP contribution in [-0.2, 0) is 0 Å². The lowest BCUT2D eigenvalue weighted by atomic mass is 9.87. The maximum atomic E-state index is 6.33. The van der Waals surface area contributed by atoms with Crippen LogP contribution in [0.2, 0.25) is 0 Å². The highest BCUT2D eigenvalue weighted by Gasteiger charge is 2.33. The van der Waals surface area contributed by atoms with Crippen LogP contribution < -0.4 is 9.64 Å². The molecular formula is C42H29NO2. The molecule has 9 rings (SSSR count). The molecule has 0 saturated carbocycles. The molecule has 214 valence electrons. The first-order chi connectivity index (χ1) is 22.3. The van der Waals surface area contributed by atoms with Crippen molar-refractivity contribution in [1.29, 1.82) is 0 Å². The molecule has 0 radical (unpaired) electrons. The van der Waals surface area contributed by atoms with Crippen molar-refractivity contribution in [3.05, 3.63) is 175 Å². The normalized spacial score (nSPS) is 16.7. The second-order valence-corrected chi connectivity index (χ2v) is 11.7. The van der Waals surface area contributed by atoms with Crippen LogP contribution in [0.3, 0.4) is 0 Å². The van der Waals surface area contributed by atoms with Gasteiger partial charge in [-0.2, -0.15) is 0 Å². The van der Waals surface area contributed by atoms with Gasteiger partial charge in [0.15, 0.2) is 0 Å². The fraction of sp³-hybridized carbons (Fsp3) is 0.0476. The van der Waals surface area contributed by atoms with E-state index in [0.29, 0.717) is 0 Å². The van der Waals surface area contributed by atoms with Crippen LogP contribution in [0.4, 0.5) is 17.1 Å². The summed E-state index contributed by atoms with van der Waals surface area (Å²) in [7, 11) is 0. The molecular weight excluding hydrogens is 550 g/mol. The molecule has 0 amide bonds. The fourth-order valence-electron chi connectivity index (χ4n) is 6.84. The van der Waals surface area contributed by atoms with Crippen LogP contribution in [0, 0.1) is 0 Å². The van der Waals surface area contributed by atoms with E-state index in [-0.39, 0.29) is 12.0 Å². The Morgan fingerprint density at radius 2 is 1.20 bits per heavy atom. The molecule has 0 bridgehead atoms. The summed E-state index contributed by atoms with van der Waals surface area (Å²) in [6.07, 6.45) is 6.80. The quantitative estimate of drug-likeness (QED) is 0.203. The fourth-order valence-corrected chi connectivity index (χ4v) is 6.84. The van der Waals surface area contributed by atoms with Crippen LogP contribution >= 0.6 is 0 Å².